The van der Waals surface area contributed by atoms with Gasteiger partial charge in [-0.05, 0) is 12.1 Å². The molecule has 0 aliphatic rings. The van der Waals surface area contributed by atoms with Crippen LogP contribution in [0.5, 0.6) is 0 Å². The van der Waals surface area contributed by atoms with Crippen LogP contribution in [-0.2, 0) is 10.0 Å². The number of aromatic nitrogens is 1. The minimum atomic E-state index is -3.99. The lowest BCUT2D eigenvalue weighted by molar-refractivity contribution is -0.384. The summed E-state index contributed by atoms with van der Waals surface area (Å²) in [6, 6.07) is 4.45. The maximum absolute atomic E-state index is 11.9. The van der Waals surface area contributed by atoms with Gasteiger partial charge in [0.15, 0.2) is 5.82 Å². The van der Waals surface area contributed by atoms with E-state index in [2.05, 4.69) is 14.4 Å². The zero-order chi connectivity index (χ0) is 14.0. The van der Waals surface area contributed by atoms with Gasteiger partial charge in [-0.25, -0.2) is 8.42 Å². The van der Waals surface area contributed by atoms with Crippen LogP contribution in [0.2, 0.25) is 5.02 Å². The molecule has 0 spiro atoms. The second-order valence-corrected chi connectivity index (χ2v) is 5.45. The monoisotopic (exact) mass is 303 g/mol. The highest BCUT2D eigenvalue weighted by molar-refractivity contribution is 7.92. The van der Waals surface area contributed by atoms with Gasteiger partial charge < -0.3 is 4.52 Å². The molecule has 0 fully saturated rings. The van der Waals surface area contributed by atoms with Crippen molar-refractivity contribution < 1.29 is 17.9 Å². The van der Waals surface area contributed by atoms with Crippen molar-refractivity contribution in [2.75, 3.05) is 4.72 Å². The summed E-state index contributed by atoms with van der Waals surface area (Å²) in [6.45, 7) is 0. The average Bonchev–Trinajstić information content (AvgIpc) is 2.80. The first kappa shape index (κ1) is 13.3. The molecule has 1 heterocycles. The normalized spacial score (nSPS) is 11.2. The first-order valence-electron chi connectivity index (χ1n) is 4.77. The number of nitrogens with zero attached hydrogens (tertiary/aromatic N) is 2. The zero-order valence-corrected chi connectivity index (χ0v) is 10.7. The van der Waals surface area contributed by atoms with Crippen molar-refractivity contribution in [2.24, 2.45) is 0 Å². The molecule has 0 saturated heterocycles. The average molecular weight is 304 g/mol. The lowest BCUT2D eigenvalue weighted by Gasteiger charge is -2.05. The van der Waals surface area contributed by atoms with Crippen LogP contribution in [0.1, 0.15) is 0 Å². The van der Waals surface area contributed by atoms with Crippen LogP contribution in [0, 0.1) is 10.1 Å². The third-order valence-electron chi connectivity index (χ3n) is 2.10. The van der Waals surface area contributed by atoms with Crippen LogP contribution in [0.15, 0.2) is 39.9 Å². The van der Waals surface area contributed by atoms with Gasteiger partial charge >= 0.3 is 0 Å². The minimum absolute atomic E-state index is 0.0300. The summed E-state index contributed by atoms with van der Waals surface area (Å²) >= 11 is 5.60. The third-order valence-corrected chi connectivity index (χ3v) is 3.77. The molecule has 0 aliphatic carbocycles. The van der Waals surface area contributed by atoms with Gasteiger partial charge in [0.2, 0.25) is 0 Å². The Bertz CT molecular complexity index is 713. The summed E-state index contributed by atoms with van der Waals surface area (Å²) in [4.78, 5) is 9.63. The zero-order valence-electron chi connectivity index (χ0n) is 9.11. The van der Waals surface area contributed by atoms with Gasteiger partial charge in [-0.15, -0.1) is 0 Å². The molecular formula is C9H6ClN3O5S. The molecule has 0 aliphatic heterocycles. The Balaban J connectivity index is 2.41. The van der Waals surface area contributed by atoms with E-state index in [1.165, 1.54) is 12.3 Å². The number of nitro benzene ring substituents is 1. The van der Waals surface area contributed by atoms with Gasteiger partial charge in [0, 0.05) is 12.1 Å². The van der Waals surface area contributed by atoms with E-state index >= 15 is 0 Å². The number of sulfonamides is 1. The molecule has 0 unspecified atom stereocenters. The molecule has 0 amide bonds. The van der Waals surface area contributed by atoms with Crippen LogP contribution in [0.4, 0.5) is 11.5 Å². The van der Waals surface area contributed by atoms with E-state index in [0.717, 1.165) is 18.2 Å². The molecule has 0 atom stereocenters. The van der Waals surface area contributed by atoms with Crippen LogP contribution in [-0.4, -0.2) is 18.5 Å². The molecule has 19 heavy (non-hydrogen) atoms. The molecule has 1 N–H and O–H groups in total. The molecule has 0 bridgehead atoms. The molecule has 1 aromatic carbocycles. The van der Waals surface area contributed by atoms with Gasteiger partial charge in [0.05, 0.1) is 9.82 Å². The second kappa shape index (κ2) is 4.86. The number of benzene rings is 1. The Morgan fingerprint density at radius 1 is 1.37 bits per heavy atom. The molecule has 0 saturated carbocycles. The van der Waals surface area contributed by atoms with Crippen LogP contribution in [0.25, 0.3) is 0 Å². The number of hydrogen-bond acceptors (Lipinski definition) is 6. The fraction of sp³-hybridized carbons (Fsp3) is 0. The number of hydrogen-bond donors (Lipinski definition) is 1. The smallest absolute Gasteiger partial charge is 0.289 e. The SMILES string of the molecule is O=[N+]([O-])c1cc(S(=O)(=O)Nc2ccon2)ccc1Cl. The molecule has 10 heteroatoms. The number of nitrogens with one attached hydrogen (secondary N) is 1. The molecule has 1 aromatic heterocycles. The topological polar surface area (TPSA) is 115 Å². The lowest BCUT2D eigenvalue weighted by atomic mass is 10.3. The maximum atomic E-state index is 11.9. The summed E-state index contributed by atoms with van der Waals surface area (Å²) in [5, 5.41) is 13.9. The van der Waals surface area contributed by atoms with Crippen molar-refractivity contribution in [1.29, 1.82) is 0 Å². The molecule has 0 radical (unpaired) electrons. The van der Waals surface area contributed by atoms with Crippen LogP contribution >= 0.6 is 11.6 Å². The molecule has 100 valence electrons. The predicted octanol–water partition coefficient (Wildman–Crippen LogP) is 2.04. The van der Waals surface area contributed by atoms with E-state index in [0.29, 0.717) is 0 Å². The highest BCUT2D eigenvalue weighted by atomic mass is 35.5. The van der Waals surface area contributed by atoms with E-state index in [9.17, 15) is 18.5 Å². The number of anilines is 1. The number of rotatable bonds is 4. The van der Waals surface area contributed by atoms with E-state index in [1.54, 1.807) is 0 Å². The quantitative estimate of drug-likeness (QED) is 0.682. The Morgan fingerprint density at radius 3 is 2.68 bits per heavy atom. The third kappa shape index (κ3) is 2.83. The largest absolute Gasteiger partial charge is 0.363 e. The van der Waals surface area contributed by atoms with Gasteiger partial charge in [-0.1, -0.05) is 16.8 Å². The van der Waals surface area contributed by atoms with Gasteiger partial charge in [-0.2, -0.15) is 0 Å². The number of halogens is 1. The van der Waals surface area contributed by atoms with Crippen molar-refractivity contribution in [3.05, 3.63) is 45.7 Å². The Labute approximate surface area is 112 Å². The van der Waals surface area contributed by atoms with Crippen molar-refractivity contribution in [2.45, 2.75) is 4.90 Å². The van der Waals surface area contributed by atoms with Gasteiger partial charge in [0.1, 0.15) is 11.3 Å². The van der Waals surface area contributed by atoms with Crippen molar-refractivity contribution in [1.82, 2.24) is 5.16 Å². The fourth-order valence-electron chi connectivity index (χ4n) is 1.26. The predicted molar refractivity (Wildman–Crippen MR) is 65.4 cm³/mol. The summed E-state index contributed by atoms with van der Waals surface area (Å²) in [5.74, 6) is -0.0300. The van der Waals surface area contributed by atoms with E-state index in [4.69, 9.17) is 11.6 Å². The standard InChI is InChI=1S/C9H6ClN3O5S/c10-7-2-1-6(5-8(7)13(14)15)19(16,17)12-9-3-4-18-11-9/h1-5H,(H,11,12). The maximum Gasteiger partial charge on any atom is 0.289 e. The Hall–Kier alpha value is -2.13. The molecule has 8 nitrogen and oxygen atoms in total. The summed E-state index contributed by atoms with van der Waals surface area (Å²) < 4.78 is 30.4. The first-order valence-corrected chi connectivity index (χ1v) is 6.63. The molecule has 2 rings (SSSR count). The van der Waals surface area contributed by atoms with Gasteiger partial charge in [-0.3, -0.25) is 14.8 Å². The number of nitro groups is 1. The van der Waals surface area contributed by atoms with Crippen molar-refractivity contribution in [3.8, 4) is 0 Å². The van der Waals surface area contributed by atoms with E-state index in [-0.39, 0.29) is 15.7 Å². The lowest BCUT2D eigenvalue weighted by Crippen LogP contribution is -2.13. The highest BCUT2D eigenvalue weighted by Gasteiger charge is 2.21. The van der Waals surface area contributed by atoms with E-state index in [1.807, 2.05) is 0 Å². The van der Waals surface area contributed by atoms with Crippen molar-refractivity contribution in [3.63, 3.8) is 0 Å². The highest BCUT2D eigenvalue weighted by Crippen LogP contribution is 2.27. The second-order valence-electron chi connectivity index (χ2n) is 3.36. The first-order chi connectivity index (χ1) is 8.90. The van der Waals surface area contributed by atoms with Crippen LogP contribution in [0.3, 0.4) is 0 Å². The summed E-state index contributed by atoms with van der Waals surface area (Å²) in [7, 11) is -3.99. The minimum Gasteiger partial charge on any atom is -0.363 e. The molecular weight excluding hydrogens is 298 g/mol. The van der Waals surface area contributed by atoms with Crippen LogP contribution < -0.4 is 4.72 Å². The Morgan fingerprint density at radius 2 is 2.11 bits per heavy atom. The Kier molecular flexibility index (Phi) is 3.40. The van der Waals surface area contributed by atoms with Gasteiger partial charge in [0.25, 0.3) is 15.7 Å². The summed E-state index contributed by atoms with van der Waals surface area (Å²) in [6.07, 6.45) is 1.18. The molecule has 2 aromatic rings. The fourth-order valence-corrected chi connectivity index (χ4v) is 2.46. The summed E-state index contributed by atoms with van der Waals surface area (Å²) in [5.41, 5.74) is -0.496. The van der Waals surface area contributed by atoms with E-state index < -0.39 is 20.6 Å². The van der Waals surface area contributed by atoms with Crippen molar-refractivity contribution >= 4 is 33.1 Å².